The van der Waals surface area contributed by atoms with E-state index in [1.807, 2.05) is 0 Å². The van der Waals surface area contributed by atoms with E-state index in [0.29, 0.717) is 38.9 Å². The lowest BCUT2D eigenvalue weighted by atomic mass is 10.0. The van der Waals surface area contributed by atoms with E-state index < -0.39 is 17.6 Å². The zero-order valence-electron chi connectivity index (χ0n) is 17.6. The van der Waals surface area contributed by atoms with Crippen molar-refractivity contribution in [1.82, 2.24) is 24.1 Å². The second-order valence-corrected chi connectivity index (χ2v) is 7.66. The quantitative estimate of drug-likeness (QED) is 0.434. The van der Waals surface area contributed by atoms with Crippen LogP contribution in [0, 0.1) is 6.92 Å². The third-order valence-electron chi connectivity index (χ3n) is 5.66. The number of rotatable bonds is 2. The van der Waals surface area contributed by atoms with Gasteiger partial charge in [-0.05, 0) is 42.8 Å². The molecule has 0 aliphatic rings. The summed E-state index contributed by atoms with van der Waals surface area (Å²) in [4.78, 5) is 25.6. The van der Waals surface area contributed by atoms with Crippen LogP contribution >= 0.6 is 0 Å². The highest BCUT2D eigenvalue weighted by Gasteiger charge is 2.34. The number of nitrogens with zero attached hydrogens (tertiary/aromatic N) is 5. The molecule has 0 saturated carbocycles. The number of fused-ring (bicyclic) bond motifs is 3. The number of aryl methyl sites for hydroxylation is 2. The zero-order valence-corrected chi connectivity index (χ0v) is 17.6. The van der Waals surface area contributed by atoms with Crippen molar-refractivity contribution in [3.8, 4) is 16.8 Å². The Balaban J connectivity index is 1.84. The molecular weight excluding hydrogens is 433 g/mol. The summed E-state index contributed by atoms with van der Waals surface area (Å²) in [5.74, 6) is -0.583. The van der Waals surface area contributed by atoms with E-state index in [9.17, 15) is 18.0 Å². The van der Waals surface area contributed by atoms with E-state index in [1.165, 1.54) is 10.8 Å². The van der Waals surface area contributed by atoms with Crippen LogP contribution in [0.5, 0.6) is 0 Å². The predicted molar refractivity (Wildman–Crippen MR) is 119 cm³/mol. The van der Waals surface area contributed by atoms with Gasteiger partial charge in [-0.15, -0.1) is 0 Å². The summed E-state index contributed by atoms with van der Waals surface area (Å²) in [6, 6.07) is 9.57. The summed E-state index contributed by atoms with van der Waals surface area (Å²) in [5, 5.41) is 0.608. The Bertz CT molecular complexity index is 1620. The monoisotopic (exact) mass is 450 g/mol. The molecule has 0 unspecified atom stereocenters. The molecule has 2 N–H and O–H groups in total. The molecule has 0 amide bonds. The van der Waals surface area contributed by atoms with Gasteiger partial charge in [0, 0.05) is 30.4 Å². The number of hydrogen-bond donors (Lipinski definition) is 1. The van der Waals surface area contributed by atoms with Crippen LogP contribution in [-0.2, 0) is 13.2 Å². The van der Waals surface area contributed by atoms with Crippen molar-refractivity contribution in [2.24, 2.45) is 7.05 Å². The lowest BCUT2D eigenvalue weighted by Crippen LogP contribution is -2.21. The topological polar surface area (TPSA) is 91.6 Å². The maximum absolute atomic E-state index is 13.4. The van der Waals surface area contributed by atoms with Gasteiger partial charge in [0.25, 0.3) is 0 Å². The van der Waals surface area contributed by atoms with Gasteiger partial charge in [0.15, 0.2) is 0 Å². The first-order chi connectivity index (χ1) is 15.7. The Morgan fingerprint density at radius 1 is 1.00 bits per heavy atom. The van der Waals surface area contributed by atoms with Gasteiger partial charge in [-0.3, -0.25) is 19.1 Å². The number of pyridine rings is 3. The van der Waals surface area contributed by atoms with E-state index in [2.05, 4.69) is 15.0 Å². The molecule has 33 heavy (non-hydrogen) atoms. The number of aromatic nitrogens is 5. The number of anilines is 1. The lowest BCUT2D eigenvalue weighted by molar-refractivity contribution is -0.137. The minimum Gasteiger partial charge on any atom is -0.383 e. The zero-order chi connectivity index (χ0) is 23.5. The van der Waals surface area contributed by atoms with Crippen LogP contribution in [0.3, 0.4) is 0 Å². The maximum Gasteiger partial charge on any atom is 0.419 e. The van der Waals surface area contributed by atoms with Crippen LogP contribution in [0.25, 0.3) is 38.8 Å². The van der Waals surface area contributed by atoms with Crippen LogP contribution < -0.4 is 11.4 Å². The minimum absolute atomic E-state index is 0.248. The summed E-state index contributed by atoms with van der Waals surface area (Å²) in [5.41, 5.74) is 7.93. The van der Waals surface area contributed by atoms with Crippen molar-refractivity contribution in [1.29, 1.82) is 0 Å². The summed E-state index contributed by atoms with van der Waals surface area (Å²) in [6.45, 7) is 1.80. The molecule has 4 heterocycles. The standard InChI is InChI=1S/C23H17F3N6O/c1-12-18(4-3-7-28-12)32-20-15-8-13(14-9-16(23(24,25)26)21(27)30-10-14)5-6-17(15)29-11-19(20)31(2)22(32)33/h3-11H,1-2H3,(H2,27,30). The number of halogens is 3. The van der Waals surface area contributed by atoms with Crippen molar-refractivity contribution >= 4 is 27.8 Å². The van der Waals surface area contributed by atoms with E-state index in [-0.39, 0.29) is 11.3 Å². The molecule has 166 valence electrons. The minimum atomic E-state index is -4.63. The number of hydrogen-bond acceptors (Lipinski definition) is 5. The van der Waals surface area contributed by atoms with Crippen molar-refractivity contribution < 1.29 is 13.2 Å². The molecule has 5 rings (SSSR count). The molecule has 0 spiro atoms. The number of nitrogen functional groups attached to an aromatic ring is 1. The predicted octanol–water partition coefficient (Wildman–Crippen LogP) is 4.24. The summed E-state index contributed by atoms with van der Waals surface area (Å²) in [6.07, 6.45) is -0.0915. The van der Waals surface area contributed by atoms with E-state index in [1.54, 1.807) is 61.3 Å². The maximum atomic E-state index is 13.4. The first-order valence-corrected chi connectivity index (χ1v) is 9.92. The Morgan fingerprint density at radius 3 is 2.52 bits per heavy atom. The molecule has 10 heteroatoms. The van der Waals surface area contributed by atoms with Gasteiger partial charge < -0.3 is 5.73 Å². The first-order valence-electron chi connectivity index (χ1n) is 9.92. The first kappa shape index (κ1) is 20.7. The highest BCUT2D eigenvalue weighted by molar-refractivity contribution is 6.04. The molecule has 0 atom stereocenters. The fourth-order valence-corrected chi connectivity index (χ4v) is 3.97. The van der Waals surface area contributed by atoms with Gasteiger partial charge in [0.05, 0.1) is 39.7 Å². The Morgan fingerprint density at radius 2 is 1.79 bits per heavy atom. The van der Waals surface area contributed by atoms with Crippen molar-refractivity contribution in [2.45, 2.75) is 13.1 Å². The Kier molecular flexibility index (Phi) is 4.48. The Labute approximate surface area is 185 Å². The molecule has 5 aromatic rings. The van der Waals surface area contributed by atoms with E-state index in [0.717, 1.165) is 6.07 Å². The second kappa shape index (κ2) is 7.16. The molecular formula is C23H17F3N6O. The van der Waals surface area contributed by atoms with Gasteiger partial charge in [-0.2, -0.15) is 13.2 Å². The molecule has 0 aliphatic carbocycles. The van der Waals surface area contributed by atoms with Crippen molar-refractivity contribution in [3.05, 3.63) is 76.7 Å². The average Bonchev–Trinajstić information content (AvgIpc) is 3.04. The van der Waals surface area contributed by atoms with Crippen LogP contribution in [0.15, 0.2) is 59.8 Å². The average molecular weight is 450 g/mol. The summed E-state index contributed by atoms with van der Waals surface area (Å²) < 4.78 is 43.1. The van der Waals surface area contributed by atoms with Crippen molar-refractivity contribution in [2.75, 3.05) is 5.73 Å². The number of imidazole rings is 1. The van der Waals surface area contributed by atoms with E-state index >= 15 is 0 Å². The second-order valence-electron chi connectivity index (χ2n) is 7.66. The molecule has 0 aliphatic heterocycles. The van der Waals surface area contributed by atoms with Crippen LogP contribution in [0.1, 0.15) is 11.3 Å². The fourth-order valence-electron chi connectivity index (χ4n) is 3.97. The van der Waals surface area contributed by atoms with Crippen molar-refractivity contribution in [3.63, 3.8) is 0 Å². The molecule has 1 aromatic carbocycles. The lowest BCUT2D eigenvalue weighted by Gasteiger charge is -2.12. The molecule has 7 nitrogen and oxygen atoms in total. The molecule has 0 bridgehead atoms. The highest BCUT2D eigenvalue weighted by atomic mass is 19.4. The third kappa shape index (κ3) is 3.22. The molecule has 0 saturated heterocycles. The van der Waals surface area contributed by atoms with Gasteiger partial charge >= 0.3 is 11.9 Å². The molecule has 4 aromatic heterocycles. The molecule has 0 radical (unpaired) electrons. The molecule has 0 fully saturated rings. The highest BCUT2D eigenvalue weighted by Crippen LogP contribution is 2.36. The Hall–Kier alpha value is -4.21. The van der Waals surface area contributed by atoms with Gasteiger partial charge in [0.1, 0.15) is 5.82 Å². The van der Waals surface area contributed by atoms with Crippen LogP contribution in [0.4, 0.5) is 19.0 Å². The summed E-state index contributed by atoms with van der Waals surface area (Å²) in [7, 11) is 1.64. The number of benzene rings is 1. The number of nitrogens with two attached hydrogens (primary N) is 1. The van der Waals surface area contributed by atoms with Crippen LogP contribution in [0.2, 0.25) is 0 Å². The smallest absolute Gasteiger partial charge is 0.383 e. The number of alkyl halides is 3. The fraction of sp³-hybridized carbons (Fsp3) is 0.130. The SMILES string of the molecule is Cc1ncccc1-n1c(=O)n(C)c2cnc3ccc(-c4cnc(N)c(C(F)(F)F)c4)cc3c21. The largest absolute Gasteiger partial charge is 0.419 e. The van der Waals surface area contributed by atoms with E-state index in [4.69, 9.17) is 5.73 Å². The van der Waals surface area contributed by atoms with Gasteiger partial charge in [0.2, 0.25) is 0 Å². The third-order valence-corrected chi connectivity index (χ3v) is 5.66. The van der Waals surface area contributed by atoms with Crippen LogP contribution in [-0.4, -0.2) is 24.1 Å². The normalized spacial score (nSPS) is 12.0. The summed E-state index contributed by atoms with van der Waals surface area (Å²) >= 11 is 0. The van der Waals surface area contributed by atoms with Gasteiger partial charge in [-0.25, -0.2) is 9.78 Å². The van der Waals surface area contributed by atoms with Gasteiger partial charge in [-0.1, -0.05) is 6.07 Å².